The van der Waals surface area contributed by atoms with Gasteiger partial charge >= 0.3 is 6.03 Å². The van der Waals surface area contributed by atoms with Gasteiger partial charge in [-0.25, -0.2) is 14.2 Å². The van der Waals surface area contributed by atoms with Crippen molar-refractivity contribution in [1.29, 1.82) is 0 Å². The van der Waals surface area contributed by atoms with Gasteiger partial charge in [0.15, 0.2) is 5.82 Å². The van der Waals surface area contributed by atoms with Crippen LogP contribution < -0.4 is 30.7 Å². The fourth-order valence-electron chi connectivity index (χ4n) is 11.5. The predicted octanol–water partition coefficient (Wildman–Crippen LogP) is 5.86. The summed E-state index contributed by atoms with van der Waals surface area (Å²) in [5, 5.41) is 22.5. The van der Waals surface area contributed by atoms with Gasteiger partial charge in [0.1, 0.15) is 17.2 Å². The lowest BCUT2D eigenvalue weighted by Gasteiger charge is -2.53. The molecule has 1 aliphatic carbocycles. The molecule has 2 bridgehead atoms. The Hall–Kier alpha value is -6.00. The Kier molecular flexibility index (Phi) is 9.90. The number of amides is 3. The van der Waals surface area contributed by atoms with E-state index in [1.807, 2.05) is 30.3 Å². The lowest BCUT2D eigenvalue weighted by atomic mass is 9.60. The van der Waals surface area contributed by atoms with Gasteiger partial charge in [-0.3, -0.25) is 15.0 Å². The number of urea groups is 1. The van der Waals surface area contributed by atoms with Gasteiger partial charge in [-0.2, -0.15) is 0 Å². The standard InChI is InChI=1S/C47H54FN11O4/c1-29-24-58(45-37(29)18-33(23-50-45)57-13-10-43(61)51-46(57)62)34-21-47(22-34)11-14-54(15-12-47)27-35-28-55(16-17-63-35)40-19-30(8-9-38(40)48)59-31-6-7-32(59)26-56(25-31)41-20-39(52-53-44(41)49)36-4-2-3-5-42(36)60/h2-5,8-9,18-20,23-24,31-32,34-35,60H,6-7,10-17,21-22,25-28H2,1H3,(H2,49,53)(H,51,61,62)/t31?,32?,35-/m0/s1. The summed E-state index contributed by atoms with van der Waals surface area (Å²) in [4.78, 5) is 40.1. The number of morpholine rings is 1. The molecular formula is C47H54FN11O4. The number of ether oxygens (including phenoxy) is 1. The Balaban J connectivity index is 0.703. The highest BCUT2D eigenvalue weighted by atomic mass is 19.1. The molecule has 1 saturated carbocycles. The number of halogens is 1. The molecule has 16 heteroatoms. The number of carbonyl (C=O) groups excluding carboxylic acids is 2. The fraction of sp³-hybridized carbons (Fsp3) is 0.468. The summed E-state index contributed by atoms with van der Waals surface area (Å²) in [6, 6.07) is 17.1. The van der Waals surface area contributed by atoms with Crippen LogP contribution in [-0.2, 0) is 9.53 Å². The molecule has 4 N–H and O–H groups in total. The molecule has 5 aromatic rings. The molecule has 5 aliphatic heterocycles. The van der Waals surface area contributed by atoms with Crippen LogP contribution >= 0.6 is 0 Å². The van der Waals surface area contributed by atoms with Gasteiger partial charge in [0.25, 0.3) is 0 Å². The number of hydrogen-bond donors (Lipinski definition) is 3. The van der Waals surface area contributed by atoms with Crippen LogP contribution in [0.2, 0.25) is 0 Å². The highest BCUT2D eigenvalue weighted by molar-refractivity contribution is 6.06. The first-order valence-corrected chi connectivity index (χ1v) is 22.5. The van der Waals surface area contributed by atoms with Gasteiger partial charge in [0.05, 0.1) is 41.7 Å². The number of nitrogens with zero attached hydrogens (tertiary/aromatic N) is 9. The number of para-hydroxylation sites is 1. The summed E-state index contributed by atoms with van der Waals surface area (Å²) in [5.41, 5.74) is 13.2. The summed E-state index contributed by atoms with van der Waals surface area (Å²) >= 11 is 0. The van der Waals surface area contributed by atoms with Crippen LogP contribution in [0.5, 0.6) is 5.75 Å². The topological polar surface area (TPSA) is 161 Å². The van der Waals surface area contributed by atoms with Gasteiger partial charge in [0, 0.05) is 86.6 Å². The van der Waals surface area contributed by atoms with Crippen LogP contribution in [0, 0.1) is 18.2 Å². The van der Waals surface area contributed by atoms with Crippen molar-refractivity contribution in [2.75, 3.05) is 84.3 Å². The lowest BCUT2D eigenvalue weighted by Crippen LogP contribution is -2.54. The summed E-state index contributed by atoms with van der Waals surface area (Å²) in [7, 11) is 0. The number of phenols is 1. The van der Waals surface area contributed by atoms with Crippen molar-refractivity contribution < 1.29 is 23.8 Å². The summed E-state index contributed by atoms with van der Waals surface area (Å²) in [5.74, 6) is 0.0696. The first-order chi connectivity index (χ1) is 30.6. The van der Waals surface area contributed by atoms with E-state index >= 15 is 4.39 Å². The average molecular weight is 856 g/mol. The van der Waals surface area contributed by atoms with Crippen molar-refractivity contribution in [3.8, 4) is 17.0 Å². The molecule has 3 atom stereocenters. The zero-order chi connectivity index (χ0) is 43.0. The zero-order valence-electron chi connectivity index (χ0n) is 35.6. The molecule has 8 heterocycles. The second-order valence-corrected chi connectivity index (χ2v) is 18.7. The van der Waals surface area contributed by atoms with Gasteiger partial charge in [0.2, 0.25) is 5.91 Å². The van der Waals surface area contributed by atoms with Crippen LogP contribution in [0.4, 0.5) is 37.8 Å². The molecule has 1 spiro atoms. The number of likely N-dealkylation sites (tertiary alicyclic amines) is 1. The van der Waals surface area contributed by atoms with E-state index in [1.165, 1.54) is 0 Å². The second kappa shape index (κ2) is 15.7. The number of hydrogen-bond acceptors (Lipinski definition) is 12. The van der Waals surface area contributed by atoms with Crippen LogP contribution in [0.25, 0.3) is 22.3 Å². The molecule has 6 aliphatic rings. The van der Waals surface area contributed by atoms with E-state index in [1.54, 1.807) is 29.3 Å². The molecule has 0 radical (unpaired) electrons. The van der Waals surface area contributed by atoms with E-state index in [0.29, 0.717) is 66.1 Å². The number of imide groups is 1. The van der Waals surface area contributed by atoms with Crippen molar-refractivity contribution in [2.45, 2.75) is 76.1 Å². The summed E-state index contributed by atoms with van der Waals surface area (Å²) < 4.78 is 24.4. The second-order valence-electron chi connectivity index (χ2n) is 18.7. The maximum absolute atomic E-state index is 15.7. The van der Waals surface area contributed by atoms with Crippen LogP contribution in [0.15, 0.2) is 67.0 Å². The number of aromatic nitrogens is 4. The number of piperidine rings is 1. The molecule has 5 saturated heterocycles. The molecule has 328 valence electrons. The Morgan fingerprint density at radius 2 is 1.70 bits per heavy atom. The third kappa shape index (κ3) is 7.26. The Labute approximate surface area is 365 Å². The lowest BCUT2D eigenvalue weighted by molar-refractivity contribution is -0.120. The van der Waals surface area contributed by atoms with Crippen molar-refractivity contribution in [3.63, 3.8) is 0 Å². The first kappa shape index (κ1) is 39.8. The molecule has 2 aromatic carbocycles. The molecule has 6 fully saturated rings. The van der Waals surface area contributed by atoms with Crippen molar-refractivity contribution in [3.05, 3.63) is 78.4 Å². The van der Waals surface area contributed by atoms with Crippen LogP contribution in [0.1, 0.15) is 56.6 Å². The van der Waals surface area contributed by atoms with E-state index < -0.39 is 6.03 Å². The number of anilines is 5. The van der Waals surface area contributed by atoms with E-state index in [-0.39, 0.29) is 42.1 Å². The Morgan fingerprint density at radius 3 is 2.48 bits per heavy atom. The highest BCUT2D eigenvalue weighted by Crippen LogP contribution is 2.55. The minimum atomic E-state index is -0.396. The molecule has 3 amide bonds. The normalized spacial score (nSPS) is 24.1. The van der Waals surface area contributed by atoms with Crippen LogP contribution in [-0.4, -0.2) is 119 Å². The molecule has 63 heavy (non-hydrogen) atoms. The SMILES string of the molecule is Cc1cn(C2CC3(CCN(C[C@H]4CN(c5cc(N6C7CCC6CN(c6cc(-c8ccccc8O)nnc6N)C7)ccc5F)CCO4)CC3)C2)c2ncc(N3CCC(=O)NC3=O)cc12. The number of pyridine rings is 1. The van der Waals surface area contributed by atoms with Crippen molar-refractivity contribution in [2.24, 2.45) is 5.41 Å². The third-order valence-electron chi connectivity index (χ3n) is 14.8. The number of carbonyl (C=O) groups is 2. The van der Waals surface area contributed by atoms with Crippen molar-refractivity contribution >= 4 is 51.5 Å². The monoisotopic (exact) mass is 855 g/mol. The molecule has 3 aromatic heterocycles. The summed E-state index contributed by atoms with van der Waals surface area (Å²) in [6.07, 6.45) is 10.8. The third-order valence-corrected chi connectivity index (χ3v) is 14.8. The highest BCUT2D eigenvalue weighted by Gasteiger charge is 2.47. The number of aromatic hydroxyl groups is 1. The number of piperazine rings is 1. The van der Waals surface area contributed by atoms with E-state index in [9.17, 15) is 14.7 Å². The molecule has 11 rings (SSSR count). The predicted molar refractivity (Wildman–Crippen MR) is 240 cm³/mol. The van der Waals surface area contributed by atoms with E-state index in [0.717, 1.165) is 99.2 Å². The van der Waals surface area contributed by atoms with Gasteiger partial charge < -0.3 is 39.7 Å². The number of nitrogens with two attached hydrogens (primary N) is 1. The summed E-state index contributed by atoms with van der Waals surface area (Å²) in [6.45, 7) is 8.69. The van der Waals surface area contributed by atoms with Gasteiger partial charge in [-0.05, 0) is 112 Å². The van der Waals surface area contributed by atoms with Gasteiger partial charge in [-0.1, -0.05) is 12.1 Å². The maximum Gasteiger partial charge on any atom is 0.328 e. The first-order valence-electron chi connectivity index (χ1n) is 22.5. The van der Waals surface area contributed by atoms with Crippen molar-refractivity contribution in [1.82, 2.24) is 30.0 Å². The number of nitrogen functional groups attached to an aromatic ring is 1. The quantitative estimate of drug-likeness (QED) is 0.171. The number of benzene rings is 2. The maximum atomic E-state index is 15.7. The Morgan fingerprint density at radius 1 is 0.905 bits per heavy atom. The number of phenolic OH excluding ortho intramolecular Hbond substituents is 1. The molecule has 15 nitrogen and oxygen atoms in total. The zero-order valence-corrected chi connectivity index (χ0v) is 35.6. The number of rotatable bonds is 8. The number of nitrogens with one attached hydrogen (secondary N) is 1. The van der Waals surface area contributed by atoms with Crippen LogP contribution in [0.3, 0.4) is 0 Å². The fourth-order valence-corrected chi connectivity index (χ4v) is 11.5. The van der Waals surface area contributed by atoms with E-state index in [2.05, 4.69) is 58.9 Å². The number of aryl methyl sites for hydroxylation is 1. The molecular weight excluding hydrogens is 802 g/mol. The smallest absolute Gasteiger partial charge is 0.328 e. The minimum absolute atomic E-state index is 0.00600. The minimum Gasteiger partial charge on any atom is -0.507 e. The average Bonchev–Trinajstić information content (AvgIpc) is 3.74. The largest absolute Gasteiger partial charge is 0.507 e. The van der Waals surface area contributed by atoms with E-state index in [4.69, 9.17) is 15.5 Å². The van der Waals surface area contributed by atoms with Gasteiger partial charge in [-0.15, -0.1) is 10.2 Å². The Bertz CT molecular complexity index is 2570. The number of fused-ring (bicyclic) bond motifs is 3. The molecule has 2 unspecified atom stereocenters.